The van der Waals surface area contributed by atoms with Gasteiger partial charge in [-0.1, -0.05) is 32.0 Å². The van der Waals surface area contributed by atoms with Gasteiger partial charge in [-0.2, -0.15) is 0 Å². The van der Waals surface area contributed by atoms with Crippen LogP contribution in [0.5, 0.6) is 0 Å². The number of aromatic nitrogens is 1. The van der Waals surface area contributed by atoms with E-state index >= 15 is 0 Å². The number of nitrogens with two attached hydrogens (primary N) is 4. The summed E-state index contributed by atoms with van der Waals surface area (Å²) in [4.78, 5) is 53.2. The Morgan fingerprint density at radius 2 is 1.26 bits per heavy atom. The molecule has 14 N–H and O–H groups in total. The van der Waals surface area contributed by atoms with Crippen LogP contribution in [0.25, 0.3) is 10.9 Å². The van der Waals surface area contributed by atoms with Gasteiger partial charge in [0.1, 0.15) is 24.2 Å². The van der Waals surface area contributed by atoms with Crippen LogP contribution in [-0.4, -0.2) is 84.5 Å². The second-order valence-electron chi connectivity index (χ2n) is 8.62. The van der Waals surface area contributed by atoms with Gasteiger partial charge in [0.2, 0.25) is 0 Å². The van der Waals surface area contributed by atoms with Crippen LogP contribution in [-0.2, 0) is 30.4 Å². The van der Waals surface area contributed by atoms with E-state index in [1.165, 1.54) is 6.92 Å². The van der Waals surface area contributed by atoms with Crippen molar-refractivity contribution >= 4 is 40.7 Å². The van der Waals surface area contributed by atoms with E-state index in [0.29, 0.717) is 6.42 Å². The molecule has 0 aliphatic heterocycles. The molecule has 15 heteroatoms. The Morgan fingerprint density at radius 1 is 0.769 bits per heavy atom. The predicted octanol–water partition coefficient (Wildman–Crippen LogP) is -0.142. The first-order chi connectivity index (χ1) is 17.9. The Bertz CT molecular complexity index is 1070. The molecule has 0 spiro atoms. The number of aromatic amines is 1. The van der Waals surface area contributed by atoms with Crippen molar-refractivity contribution in [1.82, 2.24) is 4.98 Å². The molecule has 220 valence electrons. The van der Waals surface area contributed by atoms with E-state index in [4.69, 9.17) is 48.5 Å². The summed E-state index contributed by atoms with van der Waals surface area (Å²) in [6.45, 7) is 4.97. The monoisotopic (exact) mass is 557 g/mol. The summed E-state index contributed by atoms with van der Waals surface area (Å²) in [7, 11) is 0. The van der Waals surface area contributed by atoms with E-state index in [1.54, 1.807) is 13.8 Å². The number of aliphatic carboxylic acids is 5. The summed E-state index contributed by atoms with van der Waals surface area (Å²) in [6, 6.07) is 4.41. The second kappa shape index (κ2) is 19.1. The molecule has 1 aromatic heterocycles. The van der Waals surface area contributed by atoms with Gasteiger partial charge in [-0.3, -0.25) is 24.0 Å². The van der Waals surface area contributed by atoms with Crippen molar-refractivity contribution in [2.24, 2.45) is 28.9 Å². The van der Waals surface area contributed by atoms with Crippen LogP contribution in [0, 0.1) is 5.92 Å². The summed E-state index contributed by atoms with van der Waals surface area (Å²) in [5, 5.41) is 42.1. The maximum Gasteiger partial charge on any atom is 0.320 e. The molecule has 1 heterocycles. The fourth-order valence-electron chi connectivity index (χ4n) is 2.31. The minimum Gasteiger partial charge on any atom is -0.481 e. The Morgan fingerprint density at radius 3 is 1.62 bits per heavy atom. The molecule has 0 unspecified atom stereocenters. The van der Waals surface area contributed by atoms with Crippen LogP contribution in [0.2, 0.25) is 0 Å². The van der Waals surface area contributed by atoms with Gasteiger partial charge < -0.3 is 53.5 Å². The van der Waals surface area contributed by atoms with Crippen LogP contribution in [0.3, 0.4) is 0 Å². The van der Waals surface area contributed by atoms with E-state index in [2.05, 4.69) is 4.98 Å². The Kier molecular flexibility index (Phi) is 18.2. The molecule has 0 aliphatic rings. The third-order valence-electron chi connectivity index (χ3n) is 4.81. The molecule has 4 atom stereocenters. The average Bonchev–Trinajstić information content (AvgIpc) is 3.25. The fourth-order valence-corrected chi connectivity index (χ4v) is 2.31. The normalized spacial score (nSPS) is 13.1. The number of H-pyrrole nitrogens is 1. The molecule has 1 aromatic carbocycles. The maximum atomic E-state index is 10.6. The first-order valence-corrected chi connectivity index (χ1v) is 11.6. The highest BCUT2D eigenvalue weighted by Crippen LogP contribution is 2.18. The molecule has 15 nitrogen and oxygen atoms in total. The second-order valence-corrected chi connectivity index (χ2v) is 8.62. The Balaban J connectivity index is 0. The third kappa shape index (κ3) is 17.2. The molecule has 2 rings (SSSR count). The van der Waals surface area contributed by atoms with E-state index in [0.717, 1.165) is 16.5 Å². The van der Waals surface area contributed by atoms with Gasteiger partial charge in [-0.15, -0.1) is 0 Å². The van der Waals surface area contributed by atoms with Crippen LogP contribution in [0.1, 0.15) is 39.2 Å². The molecule has 0 fully saturated rings. The summed E-state index contributed by atoms with van der Waals surface area (Å²) in [6.07, 6.45) is 1.94. The minimum absolute atomic E-state index is 0.0208. The quantitative estimate of drug-likeness (QED) is 0.182. The van der Waals surface area contributed by atoms with Gasteiger partial charge in [-0.05, 0) is 30.9 Å². The largest absolute Gasteiger partial charge is 0.481 e. The number of nitrogens with one attached hydrogen (secondary N) is 1. The van der Waals surface area contributed by atoms with Gasteiger partial charge in [0.15, 0.2) is 0 Å². The molecule has 0 amide bonds. The van der Waals surface area contributed by atoms with Crippen molar-refractivity contribution in [3.05, 3.63) is 36.0 Å². The molecular weight excluding hydrogens is 518 g/mol. The lowest BCUT2D eigenvalue weighted by molar-refractivity contribution is -0.141. The molecule has 0 radical (unpaired) electrons. The maximum absolute atomic E-state index is 10.6. The number of carbonyl (C=O) groups is 5. The molecule has 0 aliphatic carbocycles. The van der Waals surface area contributed by atoms with Gasteiger partial charge in [0.05, 0.1) is 0 Å². The number of benzene rings is 1. The van der Waals surface area contributed by atoms with Crippen molar-refractivity contribution in [2.45, 2.75) is 64.2 Å². The lowest BCUT2D eigenvalue weighted by Gasteiger charge is -2.07. The number of hydrogen-bond acceptors (Lipinski definition) is 9. The summed E-state index contributed by atoms with van der Waals surface area (Å²) in [5.41, 5.74) is 22.4. The Hall–Kier alpha value is -4.05. The molecule has 0 saturated heterocycles. The number of hydrogen-bond donors (Lipinski definition) is 10. The topological polar surface area (TPSA) is 306 Å². The molecule has 0 saturated carbocycles. The van der Waals surface area contributed by atoms with E-state index < -0.39 is 54.0 Å². The van der Waals surface area contributed by atoms with Crippen LogP contribution < -0.4 is 22.9 Å². The summed E-state index contributed by atoms with van der Waals surface area (Å²) >= 11 is 0. The van der Waals surface area contributed by atoms with Crippen LogP contribution >= 0.6 is 0 Å². The SMILES string of the molecule is CC(C)[C@H](N)C(=O)O.C[C@H](N)C(=O)O.N[C@@H](CCC(=O)O)C(=O)O.N[C@@H](Cc1c[nH]c2ccccc12)C(=O)O. The number of carboxylic acid groups (broad SMARTS) is 5. The predicted molar refractivity (Wildman–Crippen MR) is 142 cm³/mol. The van der Waals surface area contributed by atoms with Crippen LogP contribution in [0.15, 0.2) is 30.5 Å². The van der Waals surface area contributed by atoms with Gasteiger partial charge >= 0.3 is 29.8 Å². The zero-order chi connectivity index (χ0) is 30.9. The highest BCUT2D eigenvalue weighted by Gasteiger charge is 2.15. The molecule has 2 aromatic rings. The highest BCUT2D eigenvalue weighted by molar-refractivity contribution is 5.84. The van der Waals surface area contributed by atoms with Crippen LogP contribution in [0.4, 0.5) is 0 Å². The molecular formula is C24H39N5O10. The number of para-hydroxylation sites is 1. The number of carboxylic acids is 5. The number of rotatable bonds is 10. The van der Waals surface area contributed by atoms with Crippen molar-refractivity contribution in [1.29, 1.82) is 0 Å². The lowest BCUT2D eigenvalue weighted by atomic mass is 10.1. The van der Waals surface area contributed by atoms with Gasteiger partial charge in [-0.25, -0.2) is 0 Å². The van der Waals surface area contributed by atoms with Gasteiger partial charge in [0, 0.05) is 29.9 Å². The van der Waals surface area contributed by atoms with Crippen molar-refractivity contribution in [2.75, 3.05) is 0 Å². The third-order valence-corrected chi connectivity index (χ3v) is 4.81. The standard InChI is InChI=1S/C11H12N2O2.C5H9NO4.C5H11NO2.C3H7NO2/c12-9(11(14)15)5-7-6-13-10-4-2-1-3-8(7)10;6-3(5(9)10)1-2-4(7)8;1-3(2)4(6)5(7)8;1-2(4)3(5)6/h1-4,6,9,13H,5,12H2,(H,14,15);3H,1-2,6H2,(H,7,8)(H,9,10);3-4H,6H2,1-2H3,(H,7,8);2H,4H2,1H3,(H,5,6)/t9-;3-;4-;2-/m0000/s1. The highest BCUT2D eigenvalue weighted by atomic mass is 16.4. The first-order valence-electron chi connectivity index (χ1n) is 11.6. The molecule has 0 bridgehead atoms. The minimum atomic E-state index is -1.17. The first kappa shape index (κ1) is 37.1. The number of fused-ring (bicyclic) bond motifs is 1. The Labute approximate surface area is 224 Å². The zero-order valence-corrected chi connectivity index (χ0v) is 22.0. The van der Waals surface area contributed by atoms with E-state index in [-0.39, 0.29) is 18.8 Å². The zero-order valence-electron chi connectivity index (χ0n) is 22.0. The van der Waals surface area contributed by atoms with Gasteiger partial charge in [0.25, 0.3) is 0 Å². The lowest BCUT2D eigenvalue weighted by Crippen LogP contribution is -2.34. The van der Waals surface area contributed by atoms with Crippen molar-refractivity contribution in [3.63, 3.8) is 0 Å². The van der Waals surface area contributed by atoms with Crippen molar-refractivity contribution < 1.29 is 49.5 Å². The van der Waals surface area contributed by atoms with E-state index in [9.17, 15) is 24.0 Å². The molecule has 39 heavy (non-hydrogen) atoms. The smallest absolute Gasteiger partial charge is 0.320 e. The van der Waals surface area contributed by atoms with E-state index in [1.807, 2.05) is 30.5 Å². The van der Waals surface area contributed by atoms with Crippen molar-refractivity contribution in [3.8, 4) is 0 Å². The summed E-state index contributed by atoms with van der Waals surface area (Å²) in [5.74, 6) is -5.04. The average molecular weight is 558 g/mol. The summed E-state index contributed by atoms with van der Waals surface area (Å²) < 4.78 is 0. The fraction of sp³-hybridized carbons (Fsp3) is 0.458.